The van der Waals surface area contributed by atoms with E-state index in [1.54, 1.807) is 12.1 Å². The van der Waals surface area contributed by atoms with Crippen molar-refractivity contribution in [2.24, 2.45) is 18.4 Å². The van der Waals surface area contributed by atoms with Gasteiger partial charge in [-0.3, -0.25) is 19.2 Å². The summed E-state index contributed by atoms with van der Waals surface area (Å²) >= 11 is 0. The molecule has 4 heterocycles. The van der Waals surface area contributed by atoms with Gasteiger partial charge in [0.05, 0.1) is 12.1 Å². The quantitative estimate of drug-likeness (QED) is 0.636. The number of nitrogens with zero attached hydrogens (tertiary/aromatic N) is 3. The Balaban J connectivity index is 1.36. The molecule has 178 valence electrons. The first kappa shape index (κ1) is 23.4. The summed E-state index contributed by atoms with van der Waals surface area (Å²) in [5, 5.41) is 16.7. The van der Waals surface area contributed by atoms with Gasteiger partial charge in [-0.15, -0.1) is 0 Å². The third-order valence-electron chi connectivity index (χ3n) is 7.12. The summed E-state index contributed by atoms with van der Waals surface area (Å²) in [6.45, 7) is 6.17. The number of hydrogen-bond donors (Lipinski definition) is 2. The Morgan fingerprint density at radius 3 is 2.61 bits per heavy atom. The van der Waals surface area contributed by atoms with E-state index in [1.165, 1.54) is 17.8 Å². The van der Waals surface area contributed by atoms with Gasteiger partial charge in [-0.25, -0.2) is 4.39 Å². The molecule has 1 amide bonds. The summed E-state index contributed by atoms with van der Waals surface area (Å²) in [4.78, 5) is 25.9. The molecule has 3 saturated heterocycles. The highest BCUT2D eigenvalue weighted by atomic mass is 19.1. The second-order valence-corrected chi connectivity index (χ2v) is 10.3. The van der Waals surface area contributed by atoms with Crippen molar-refractivity contribution in [3.05, 3.63) is 41.8 Å². The minimum Gasteiger partial charge on any atom is -0.481 e. The highest BCUT2D eigenvalue weighted by molar-refractivity contribution is 5.78. The van der Waals surface area contributed by atoms with E-state index in [0.29, 0.717) is 24.4 Å². The molecule has 4 atom stereocenters. The Kier molecular flexibility index (Phi) is 6.56. The van der Waals surface area contributed by atoms with Crippen LogP contribution in [0.4, 0.5) is 4.39 Å². The number of hydrogen-bond acceptors (Lipinski definition) is 4. The SMILES string of the molecule is Cn1nc(-c2ccc(F)cc2)cc1[C@H]1CN2CC[C@@H]1C[C@@H]2CNC(=O)CC(C)(C)CC(=O)O. The topological polar surface area (TPSA) is 87.5 Å². The lowest BCUT2D eigenvalue weighted by atomic mass is 9.74. The van der Waals surface area contributed by atoms with E-state index >= 15 is 0 Å². The van der Waals surface area contributed by atoms with E-state index in [2.05, 4.69) is 21.4 Å². The standard InChI is InChI=1S/C25H33FN4O3/c1-25(2,13-24(32)33)12-23(31)27-14-19-10-17-8-9-30(19)15-20(17)22-11-21(28-29(22)3)16-4-6-18(26)7-5-16/h4-7,11,17,19-20H,8-10,12-15H2,1-3H3,(H,27,31)(H,32,33)/t17-,19-,20+/m1/s1. The maximum atomic E-state index is 13.3. The van der Waals surface area contributed by atoms with Gasteiger partial charge in [0, 0.05) is 49.8 Å². The Bertz CT molecular complexity index is 1020. The number of halogens is 1. The van der Waals surface area contributed by atoms with E-state index < -0.39 is 11.4 Å². The van der Waals surface area contributed by atoms with Crippen molar-refractivity contribution in [2.45, 2.75) is 51.5 Å². The average Bonchev–Trinajstić information content (AvgIpc) is 3.13. The molecule has 8 heteroatoms. The highest BCUT2D eigenvalue weighted by Crippen LogP contribution is 2.42. The summed E-state index contributed by atoms with van der Waals surface area (Å²) in [6, 6.07) is 8.86. The van der Waals surface area contributed by atoms with Crippen molar-refractivity contribution in [1.82, 2.24) is 20.0 Å². The number of aryl methyl sites for hydroxylation is 1. The number of nitrogens with one attached hydrogen (secondary N) is 1. The molecule has 3 aliphatic rings. The van der Waals surface area contributed by atoms with Crippen LogP contribution in [-0.2, 0) is 16.6 Å². The van der Waals surface area contributed by atoms with Crippen LogP contribution in [0.2, 0.25) is 0 Å². The smallest absolute Gasteiger partial charge is 0.303 e. The molecule has 1 unspecified atom stereocenters. The Hall–Kier alpha value is -2.74. The van der Waals surface area contributed by atoms with Crippen molar-refractivity contribution >= 4 is 11.9 Å². The van der Waals surface area contributed by atoms with Gasteiger partial charge < -0.3 is 10.4 Å². The third-order valence-corrected chi connectivity index (χ3v) is 7.12. The number of carbonyl (C=O) groups is 2. The number of amides is 1. The van der Waals surface area contributed by atoms with Crippen LogP contribution in [-0.4, -0.2) is 57.3 Å². The normalized spacial score (nSPS) is 24.6. The summed E-state index contributed by atoms with van der Waals surface area (Å²) in [5.41, 5.74) is 2.40. The first-order valence-corrected chi connectivity index (χ1v) is 11.6. The number of fused-ring (bicyclic) bond motifs is 3. The number of carboxylic acid groups (broad SMARTS) is 1. The number of rotatable bonds is 8. The number of carboxylic acids is 1. The molecular formula is C25H33FN4O3. The van der Waals surface area contributed by atoms with Gasteiger partial charge >= 0.3 is 5.97 Å². The molecule has 0 spiro atoms. The van der Waals surface area contributed by atoms with Crippen LogP contribution in [0.15, 0.2) is 30.3 Å². The van der Waals surface area contributed by atoms with Crippen LogP contribution in [0, 0.1) is 17.2 Å². The summed E-state index contributed by atoms with van der Waals surface area (Å²) in [6.07, 6.45) is 2.32. The van der Waals surface area contributed by atoms with Crippen LogP contribution in [0.25, 0.3) is 11.3 Å². The molecule has 0 aliphatic carbocycles. The Labute approximate surface area is 194 Å². The second kappa shape index (κ2) is 9.25. The van der Waals surface area contributed by atoms with E-state index in [1.807, 2.05) is 25.6 Å². The Morgan fingerprint density at radius 1 is 1.24 bits per heavy atom. The zero-order valence-electron chi connectivity index (χ0n) is 19.6. The van der Waals surface area contributed by atoms with Gasteiger partial charge in [-0.2, -0.15) is 5.10 Å². The van der Waals surface area contributed by atoms with Crippen molar-refractivity contribution in [2.75, 3.05) is 19.6 Å². The van der Waals surface area contributed by atoms with Gasteiger partial charge in [0.1, 0.15) is 5.82 Å². The molecule has 1 aromatic carbocycles. The van der Waals surface area contributed by atoms with Gasteiger partial charge in [-0.05, 0) is 61.1 Å². The van der Waals surface area contributed by atoms with Gasteiger partial charge in [-0.1, -0.05) is 13.8 Å². The predicted octanol–water partition coefficient (Wildman–Crippen LogP) is 3.41. The first-order valence-electron chi connectivity index (χ1n) is 11.6. The molecular weight excluding hydrogens is 423 g/mol. The van der Waals surface area contributed by atoms with Crippen LogP contribution < -0.4 is 5.32 Å². The van der Waals surface area contributed by atoms with Gasteiger partial charge in [0.2, 0.25) is 5.91 Å². The Morgan fingerprint density at radius 2 is 1.97 bits per heavy atom. The lowest BCUT2D eigenvalue weighted by Crippen LogP contribution is -2.56. The zero-order chi connectivity index (χ0) is 23.8. The molecule has 3 aliphatic heterocycles. The van der Waals surface area contributed by atoms with Crippen molar-refractivity contribution < 1.29 is 19.1 Å². The fourth-order valence-electron chi connectivity index (χ4n) is 5.48. The lowest BCUT2D eigenvalue weighted by molar-refractivity contribution is -0.139. The average molecular weight is 457 g/mol. The van der Waals surface area contributed by atoms with Crippen molar-refractivity contribution in [1.29, 1.82) is 0 Å². The molecule has 2 aromatic rings. The van der Waals surface area contributed by atoms with Crippen LogP contribution >= 0.6 is 0 Å². The summed E-state index contributed by atoms with van der Waals surface area (Å²) < 4.78 is 15.2. The van der Waals surface area contributed by atoms with Gasteiger partial charge in [0.15, 0.2) is 0 Å². The minimum absolute atomic E-state index is 0.0235. The molecule has 33 heavy (non-hydrogen) atoms. The zero-order valence-corrected chi connectivity index (χ0v) is 19.6. The largest absolute Gasteiger partial charge is 0.481 e. The predicted molar refractivity (Wildman–Crippen MR) is 123 cm³/mol. The second-order valence-electron chi connectivity index (χ2n) is 10.3. The van der Waals surface area contributed by atoms with Crippen LogP contribution in [0.5, 0.6) is 0 Å². The lowest BCUT2D eigenvalue weighted by Gasteiger charge is -2.50. The molecule has 1 aromatic heterocycles. The van der Waals surface area contributed by atoms with Crippen LogP contribution in [0.3, 0.4) is 0 Å². The number of carbonyl (C=O) groups excluding carboxylic acids is 1. The molecule has 2 bridgehead atoms. The van der Waals surface area contributed by atoms with Crippen LogP contribution in [0.1, 0.15) is 51.1 Å². The molecule has 0 radical (unpaired) electrons. The van der Waals surface area contributed by atoms with Gasteiger partial charge in [0.25, 0.3) is 0 Å². The van der Waals surface area contributed by atoms with Crippen molar-refractivity contribution in [3.63, 3.8) is 0 Å². The van der Waals surface area contributed by atoms with E-state index in [-0.39, 0.29) is 24.6 Å². The molecule has 2 N–H and O–H groups in total. The maximum Gasteiger partial charge on any atom is 0.303 e. The molecule has 7 nitrogen and oxygen atoms in total. The van der Waals surface area contributed by atoms with E-state index in [9.17, 15) is 14.0 Å². The number of aliphatic carboxylic acids is 1. The highest BCUT2D eigenvalue weighted by Gasteiger charge is 2.42. The molecule has 3 fully saturated rings. The third kappa shape index (κ3) is 5.43. The fourth-order valence-corrected chi connectivity index (χ4v) is 5.48. The number of aromatic nitrogens is 2. The van der Waals surface area contributed by atoms with Crippen molar-refractivity contribution in [3.8, 4) is 11.3 Å². The minimum atomic E-state index is -0.882. The monoisotopic (exact) mass is 456 g/mol. The summed E-state index contributed by atoms with van der Waals surface area (Å²) in [5.74, 6) is -0.317. The fraction of sp³-hybridized carbons (Fsp3) is 0.560. The van der Waals surface area contributed by atoms with E-state index in [0.717, 1.165) is 37.2 Å². The molecule has 5 rings (SSSR count). The summed E-state index contributed by atoms with van der Waals surface area (Å²) in [7, 11) is 1.97. The number of benzene rings is 1. The maximum absolute atomic E-state index is 13.3. The van der Waals surface area contributed by atoms with E-state index in [4.69, 9.17) is 5.11 Å². The first-order chi connectivity index (χ1) is 15.6. The molecule has 0 saturated carbocycles. The number of piperidine rings is 3.